The summed E-state index contributed by atoms with van der Waals surface area (Å²) >= 11 is 0. The van der Waals surface area contributed by atoms with E-state index in [0.29, 0.717) is 0 Å². The molecule has 0 radical (unpaired) electrons. The molecule has 2 N–H and O–H groups in total. The van der Waals surface area contributed by atoms with E-state index < -0.39 is 11.9 Å². The number of aromatic carboxylic acids is 1. The highest BCUT2D eigenvalue weighted by Gasteiger charge is 2.23. The van der Waals surface area contributed by atoms with Gasteiger partial charge in [0, 0.05) is 16.6 Å². The Labute approximate surface area is 109 Å². The highest BCUT2D eigenvalue weighted by Crippen LogP contribution is 2.33. The van der Waals surface area contributed by atoms with Gasteiger partial charge in [0.05, 0.1) is 5.56 Å². The predicted octanol–water partition coefficient (Wildman–Crippen LogP) is 1.91. The maximum absolute atomic E-state index is 11.0. The Kier molecular flexibility index (Phi) is 2.55. The van der Waals surface area contributed by atoms with E-state index in [1.807, 2.05) is 0 Å². The molecule has 0 aliphatic heterocycles. The minimum Gasteiger partial charge on any atom is -0.480 e. The second kappa shape index (κ2) is 4.12. The summed E-state index contributed by atoms with van der Waals surface area (Å²) in [6.07, 6.45) is 2.75. The minimum atomic E-state index is -0.959. The second-order valence-corrected chi connectivity index (χ2v) is 4.80. The van der Waals surface area contributed by atoms with Gasteiger partial charge in [0.1, 0.15) is 6.54 Å². The zero-order valence-corrected chi connectivity index (χ0v) is 10.2. The van der Waals surface area contributed by atoms with Crippen molar-refractivity contribution in [3.63, 3.8) is 0 Å². The van der Waals surface area contributed by atoms with Crippen molar-refractivity contribution in [1.82, 2.24) is 4.57 Å². The Morgan fingerprint density at radius 2 is 2.00 bits per heavy atom. The zero-order valence-electron chi connectivity index (χ0n) is 10.2. The number of hydrogen-bond donors (Lipinski definition) is 2. The van der Waals surface area contributed by atoms with Gasteiger partial charge in [-0.15, -0.1) is 0 Å². The van der Waals surface area contributed by atoms with Crippen molar-refractivity contribution in [2.24, 2.45) is 0 Å². The van der Waals surface area contributed by atoms with Gasteiger partial charge in [0.2, 0.25) is 0 Å². The van der Waals surface area contributed by atoms with Crippen LogP contribution in [0.15, 0.2) is 18.2 Å². The summed E-state index contributed by atoms with van der Waals surface area (Å²) in [5.41, 5.74) is 3.21. The molecule has 0 bridgehead atoms. The molecule has 1 aliphatic carbocycles. The molecule has 0 saturated heterocycles. The van der Waals surface area contributed by atoms with E-state index in [9.17, 15) is 9.59 Å². The monoisotopic (exact) mass is 259 g/mol. The number of carboxylic acid groups (broad SMARTS) is 2. The molecule has 0 fully saturated rings. The van der Waals surface area contributed by atoms with E-state index in [1.165, 1.54) is 6.07 Å². The molecule has 5 nitrogen and oxygen atoms in total. The molecule has 0 amide bonds. The molecule has 1 aliphatic rings. The van der Waals surface area contributed by atoms with Crippen LogP contribution in [0, 0.1) is 0 Å². The average molecular weight is 259 g/mol. The van der Waals surface area contributed by atoms with Crippen LogP contribution >= 0.6 is 0 Å². The van der Waals surface area contributed by atoms with Crippen LogP contribution in [0.25, 0.3) is 10.9 Å². The maximum Gasteiger partial charge on any atom is 0.335 e. The molecule has 5 heteroatoms. The van der Waals surface area contributed by atoms with Crippen LogP contribution in [0.3, 0.4) is 0 Å². The Balaban J connectivity index is 2.26. The molecule has 1 aromatic carbocycles. The number of aromatic nitrogens is 1. The number of nitrogens with zero attached hydrogens (tertiary/aromatic N) is 1. The SMILES string of the molecule is O=C(O)Cn1c2c(c3cc(C(=O)O)ccc31)CCC2. The quantitative estimate of drug-likeness (QED) is 0.882. The summed E-state index contributed by atoms with van der Waals surface area (Å²) in [5, 5.41) is 18.9. The van der Waals surface area contributed by atoms with E-state index in [2.05, 4.69) is 0 Å². The van der Waals surface area contributed by atoms with Gasteiger partial charge in [0.15, 0.2) is 0 Å². The third kappa shape index (κ3) is 1.78. The largest absolute Gasteiger partial charge is 0.480 e. The van der Waals surface area contributed by atoms with E-state index in [4.69, 9.17) is 10.2 Å². The summed E-state index contributed by atoms with van der Waals surface area (Å²) in [6, 6.07) is 4.89. The average Bonchev–Trinajstić information content (AvgIpc) is 2.92. The topological polar surface area (TPSA) is 79.5 Å². The molecule has 0 spiro atoms. The van der Waals surface area contributed by atoms with Crippen LogP contribution in [-0.4, -0.2) is 26.7 Å². The Morgan fingerprint density at radius 3 is 2.68 bits per heavy atom. The van der Waals surface area contributed by atoms with Gasteiger partial charge in [-0.05, 0) is 43.0 Å². The Bertz CT molecular complexity index is 699. The van der Waals surface area contributed by atoms with Gasteiger partial charge >= 0.3 is 11.9 Å². The fraction of sp³-hybridized carbons (Fsp3) is 0.286. The number of carbonyl (C=O) groups is 2. The van der Waals surface area contributed by atoms with E-state index in [0.717, 1.165) is 41.4 Å². The highest BCUT2D eigenvalue weighted by atomic mass is 16.4. The Hall–Kier alpha value is -2.30. The lowest BCUT2D eigenvalue weighted by Crippen LogP contribution is -2.10. The summed E-state index contributed by atoms with van der Waals surface area (Å²) < 4.78 is 1.80. The van der Waals surface area contributed by atoms with Crippen LogP contribution in [0.1, 0.15) is 28.0 Å². The molecule has 98 valence electrons. The predicted molar refractivity (Wildman–Crippen MR) is 68.6 cm³/mol. The van der Waals surface area contributed by atoms with Gasteiger partial charge in [-0.25, -0.2) is 4.79 Å². The molecular formula is C14H13NO4. The van der Waals surface area contributed by atoms with E-state index in [1.54, 1.807) is 16.7 Å². The summed E-state index contributed by atoms with van der Waals surface area (Å²) in [5.74, 6) is -1.84. The fourth-order valence-electron chi connectivity index (χ4n) is 2.92. The first-order chi connectivity index (χ1) is 9.08. The number of aliphatic carboxylic acids is 1. The molecule has 2 aromatic rings. The summed E-state index contributed by atoms with van der Waals surface area (Å²) in [7, 11) is 0. The number of carboxylic acids is 2. The normalized spacial score (nSPS) is 13.7. The number of benzene rings is 1. The maximum atomic E-state index is 11.0. The zero-order chi connectivity index (χ0) is 13.6. The fourth-order valence-corrected chi connectivity index (χ4v) is 2.92. The van der Waals surface area contributed by atoms with Crippen LogP contribution in [0.4, 0.5) is 0 Å². The molecule has 0 saturated carbocycles. The van der Waals surface area contributed by atoms with Crippen molar-refractivity contribution in [3.05, 3.63) is 35.0 Å². The van der Waals surface area contributed by atoms with Crippen molar-refractivity contribution >= 4 is 22.8 Å². The molecule has 1 heterocycles. The molecule has 3 rings (SSSR count). The second-order valence-electron chi connectivity index (χ2n) is 4.80. The smallest absolute Gasteiger partial charge is 0.335 e. The highest BCUT2D eigenvalue weighted by molar-refractivity contribution is 5.96. The number of aryl methyl sites for hydroxylation is 1. The lowest BCUT2D eigenvalue weighted by molar-refractivity contribution is -0.137. The van der Waals surface area contributed by atoms with Crippen LogP contribution in [0.5, 0.6) is 0 Å². The van der Waals surface area contributed by atoms with Crippen LogP contribution in [-0.2, 0) is 24.2 Å². The van der Waals surface area contributed by atoms with Crippen molar-refractivity contribution in [1.29, 1.82) is 0 Å². The lowest BCUT2D eigenvalue weighted by atomic mass is 10.1. The Morgan fingerprint density at radius 1 is 1.21 bits per heavy atom. The van der Waals surface area contributed by atoms with Crippen molar-refractivity contribution < 1.29 is 19.8 Å². The standard InChI is InChI=1S/C14H13NO4/c16-13(17)7-15-11-3-1-2-9(11)10-6-8(14(18)19)4-5-12(10)15/h4-6H,1-3,7H2,(H,16,17)(H,18,19). The van der Waals surface area contributed by atoms with Crippen molar-refractivity contribution in [2.75, 3.05) is 0 Å². The first kappa shape index (κ1) is 11.8. The van der Waals surface area contributed by atoms with E-state index >= 15 is 0 Å². The lowest BCUT2D eigenvalue weighted by Gasteiger charge is -2.06. The third-order valence-electron chi connectivity index (χ3n) is 3.67. The molecule has 0 unspecified atom stereocenters. The van der Waals surface area contributed by atoms with Crippen molar-refractivity contribution in [2.45, 2.75) is 25.8 Å². The molecule has 19 heavy (non-hydrogen) atoms. The third-order valence-corrected chi connectivity index (χ3v) is 3.67. The minimum absolute atomic E-state index is 0.0712. The van der Waals surface area contributed by atoms with Crippen LogP contribution < -0.4 is 0 Å². The van der Waals surface area contributed by atoms with Gasteiger partial charge in [-0.3, -0.25) is 4.79 Å². The first-order valence-electron chi connectivity index (χ1n) is 6.17. The summed E-state index contributed by atoms with van der Waals surface area (Å²) in [4.78, 5) is 22.0. The van der Waals surface area contributed by atoms with Gasteiger partial charge in [-0.2, -0.15) is 0 Å². The molecule has 0 atom stereocenters. The summed E-state index contributed by atoms with van der Waals surface area (Å²) in [6.45, 7) is -0.0712. The van der Waals surface area contributed by atoms with Crippen LogP contribution in [0.2, 0.25) is 0 Å². The molecular weight excluding hydrogens is 246 g/mol. The number of fused-ring (bicyclic) bond motifs is 3. The number of rotatable bonds is 3. The number of hydrogen-bond acceptors (Lipinski definition) is 2. The van der Waals surface area contributed by atoms with E-state index in [-0.39, 0.29) is 12.1 Å². The first-order valence-corrected chi connectivity index (χ1v) is 6.17. The van der Waals surface area contributed by atoms with Gasteiger partial charge < -0.3 is 14.8 Å². The van der Waals surface area contributed by atoms with Gasteiger partial charge in [0.25, 0.3) is 0 Å². The molecule has 1 aromatic heterocycles. The van der Waals surface area contributed by atoms with Gasteiger partial charge in [-0.1, -0.05) is 0 Å². The van der Waals surface area contributed by atoms with Crippen molar-refractivity contribution in [3.8, 4) is 0 Å².